The van der Waals surface area contributed by atoms with Crippen molar-refractivity contribution in [2.24, 2.45) is 11.3 Å². The number of carbonyl (C=O) groups is 1. The Morgan fingerprint density at radius 2 is 2.13 bits per heavy atom. The van der Waals surface area contributed by atoms with Gasteiger partial charge in [-0.2, -0.15) is 0 Å². The number of aromatic nitrogens is 2. The van der Waals surface area contributed by atoms with Gasteiger partial charge in [-0.15, -0.1) is 0 Å². The zero-order chi connectivity index (χ0) is 16.2. The van der Waals surface area contributed by atoms with Gasteiger partial charge in [-0.05, 0) is 32.1 Å². The molecule has 0 aromatic carbocycles. The van der Waals surface area contributed by atoms with Gasteiger partial charge in [0.05, 0.1) is 0 Å². The Balaban J connectivity index is 1.67. The normalized spacial score (nSPS) is 31.1. The standard InChI is InChI=1S/C18H26N4O/c1-11(23)21-15-13-7-5-9-22(16(13)18(15,2)3)17-12-6-4-8-14(12)19-10-20-17/h10,13,15-16H,4-9H2,1-3H3,(H,21,23). The Morgan fingerprint density at radius 3 is 2.91 bits per heavy atom. The molecule has 2 heterocycles. The smallest absolute Gasteiger partial charge is 0.217 e. The summed E-state index contributed by atoms with van der Waals surface area (Å²) in [5.74, 6) is 1.78. The van der Waals surface area contributed by atoms with E-state index >= 15 is 0 Å². The number of nitrogens with zero attached hydrogens (tertiary/aromatic N) is 3. The van der Waals surface area contributed by atoms with E-state index in [0.29, 0.717) is 12.0 Å². The third kappa shape index (κ3) is 2.16. The molecule has 1 saturated heterocycles. The predicted octanol–water partition coefficient (Wildman–Crippen LogP) is 2.09. The number of nitrogens with one attached hydrogen (secondary N) is 1. The number of rotatable bonds is 2. The molecule has 2 fully saturated rings. The molecule has 0 radical (unpaired) electrons. The second-order valence-electron chi connectivity index (χ2n) is 7.92. The Kier molecular flexibility index (Phi) is 3.36. The molecule has 4 rings (SSSR count). The minimum atomic E-state index is 0.0766. The number of fused-ring (bicyclic) bond motifs is 2. The molecule has 0 spiro atoms. The van der Waals surface area contributed by atoms with Crippen LogP contribution in [0.5, 0.6) is 0 Å². The largest absolute Gasteiger partial charge is 0.353 e. The first kappa shape index (κ1) is 14.9. The summed E-state index contributed by atoms with van der Waals surface area (Å²) >= 11 is 0. The summed E-state index contributed by atoms with van der Waals surface area (Å²) < 4.78 is 0. The molecule has 1 aromatic rings. The summed E-state index contributed by atoms with van der Waals surface area (Å²) in [6.07, 6.45) is 7.50. The highest BCUT2D eigenvalue weighted by Gasteiger charge is 2.60. The molecule has 3 unspecified atom stereocenters. The van der Waals surface area contributed by atoms with E-state index in [1.807, 2.05) is 0 Å². The molecule has 1 aromatic heterocycles. The van der Waals surface area contributed by atoms with Crippen molar-refractivity contribution in [1.82, 2.24) is 15.3 Å². The van der Waals surface area contributed by atoms with E-state index in [9.17, 15) is 4.79 Å². The average molecular weight is 314 g/mol. The van der Waals surface area contributed by atoms with Crippen LogP contribution in [-0.2, 0) is 17.6 Å². The van der Waals surface area contributed by atoms with E-state index in [1.54, 1.807) is 13.3 Å². The highest BCUT2D eigenvalue weighted by atomic mass is 16.1. The molecule has 1 amide bonds. The second kappa shape index (κ2) is 5.18. The summed E-state index contributed by atoms with van der Waals surface area (Å²) in [6.45, 7) is 7.27. The highest BCUT2D eigenvalue weighted by molar-refractivity contribution is 5.73. The van der Waals surface area contributed by atoms with Crippen molar-refractivity contribution in [1.29, 1.82) is 0 Å². The first-order valence-corrected chi connectivity index (χ1v) is 8.86. The van der Waals surface area contributed by atoms with E-state index in [2.05, 4.69) is 34.0 Å². The molecule has 1 saturated carbocycles. The molecule has 5 heteroatoms. The minimum absolute atomic E-state index is 0.0766. The van der Waals surface area contributed by atoms with Gasteiger partial charge in [0.25, 0.3) is 0 Å². The van der Waals surface area contributed by atoms with Crippen LogP contribution in [0.4, 0.5) is 5.82 Å². The number of anilines is 1. The fourth-order valence-corrected chi connectivity index (χ4v) is 5.28. The maximum Gasteiger partial charge on any atom is 0.217 e. The van der Waals surface area contributed by atoms with Gasteiger partial charge in [0.15, 0.2) is 0 Å². The Hall–Kier alpha value is -1.65. The van der Waals surface area contributed by atoms with Crippen LogP contribution in [0, 0.1) is 11.3 Å². The lowest BCUT2D eigenvalue weighted by Gasteiger charge is -2.64. The second-order valence-corrected chi connectivity index (χ2v) is 7.92. The highest BCUT2D eigenvalue weighted by Crippen LogP contribution is 2.53. The molecule has 23 heavy (non-hydrogen) atoms. The maximum atomic E-state index is 11.6. The number of hydrogen-bond acceptors (Lipinski definition) is 4. The SMILES string of the molecule is CC(=O)NC1C2CCCN(c3ncnc4c3CCC4)C2C1(C)C. The number of hydrogen-bond donors (Lipinski definition) is 1. The van der Waals surface area contributed by atoms with E-state index < -0.39 is 0 Å². The van der Waals surface area contributed by atoms with Gasteiger partial charge in [0.1, 0.15) is 12.1 Å². The molecule has 124 valence electrons. The van der Waals surface area contributed by atoms with E-state index in [0.717, 1.165) is 25.2 Å². The van der Waals surface area contributed by atoms with Gasteiger partial charge in [0.2, 0.25) is 5.91 Å². The van der Waals surface area contributed by atoms with E-state index in [-0.39, 0.29) is 17.4 Å². The van der Waals surface area contributed by atoms with Crippen molar-refractivity contribution in [3.05, 3.63) is 17.6 Å². The monoisotopic (exact) mass is 314 g/mol. The van der Waals surface area contributed by atoms with Gasteiger partial charge >= 0.3 is 0 Å². The molecule has 3 aliphatic rings. The summed E-state index contributed by atoms with van der Waals surface area (Å²) in [5, 5.41) is 3.19. The first-order valence-electron chi connectivity index (χ1n) is 8.86. The molecule has 1 aliphatic heterocycles. The quantitative estimate of drug-likeness (QED) is 0.908. The van der Waals surface area contributed by atoms with Crippen molar-refractivity contribution in [2.75, 3.05) is 11.4 Å². The van der Waals surface area contributed by atoms with Gasteiger partial charge in [-0.25, -0.2) is 9.97 Å². The zero-order valence-corrected chi connectivity index (χ0v) is 14.3. The Labute approximate surface area is 137 Å². The molecule has 5 nitrogen and oxygen atoms in total. The van der Waals surface area contributed by atoms with Crippen LogP contribution >= 0.6 is 0 Å². The van der Waals surface area contributed by atoms with Crippen LogP contribution in [-0.4, -0.2) is 34.5 Å². The lowest BCUT2D eigenvalue weighted by atomic mass is 9.52. The predicted molar refractivity (Wildman–Crippen MR) is 89.3 cm³/mol. The molecular formula is C18H26N4O. The van der Waals surface area contributed by atoms with Gasteiger partial charge in [-0.1, -0.05) is 13.8 Å². The molecule has 1 N–H and O–H groups in total. The van der Waals surface area contributed by atoms with E-state index in [4.69, 9.17) is 0 Å². The van der Waals surface area contributed by atoms with Gasteiger partial charge < -0.3 is 10.2 Å². The lowest BCUT2D eigenvalue weighted by Crippen LogP contribution is -2.74. The third-order valence-corrected chi connectivity index (χ3v) is 6.15. The van der Waals surface area contributed by atoms with Crippen molar-refractivity contribution in [3.8, 4) is 0 Å². The summed E-state index contributed by atoms with van der Waals surface area (Å²) in [6, 6.07) is 0.746. The van der Waals surface area contributed by atoms with Crippen LogP contribution in [0.2, 0.25) is 0 Å². The van der Waals surface area contributed by atoms with Crippen LogP contribution in [0.3, 0.4) is 0 Å². The number of carbonyl (C=O) groups excluding carboxylic acids is 1. The Morgan fingerprint density at radius 1 is 1.30 bits per heavy atom. The molecule has 2 aliphatic carbocycles. The molecular weight excluding hydrogens is 288 g/mol. The van der Waals surface area contributed by atoms with Crippen LogP contribution < -0.4 is 10.2 Å². The first-order chi connectivity index (χ1) is 11.0. The van der Waals surface area contributed by atoms with Gasteiger partial charge in [-0.3, -0.25) is 4.79 Å². The zero-order valence-electron chi connectivity index (χ0n) is 14.3. The lowest BCUT2D eigenvalue weighted by molar-refractivity contribution is -0.125. The summed E-state index contributed by atoms with van der Waals surface area (Å²) in [5.41, 5.74) is 2.69. The maximum absolute atomic E-state index is 11.6. The van der Waals surface area contributed by atoms with Gasteiger partial charge in [0, 0.05) is 48.1 Å². The number of aryl methyl sites for hydroxylation is 1. The topological polar surface area (TPSA) is 58.1 Å². The molecule has 0 bridgehead atoms. The summed E-state index contributed by atoms with van der Waals surface area (Å²) in [7, 11) is 0. The van der Waals surface area contributed by atoms with Crippen molar-refractivity contribution < 1.29 is 4.79 Å². The molecule has 3 atom stereocenters. The Bertz CT molecular complexity index is 642. The fourth-order valence-electron chi connectivity index (χ4n) is 5.28. The van der Waals surface area contributed by atoms with E-state index in [1.165, 1.54) is 30.5 Å². The van der Waals surface area contributed by atoms with Crippen LogP contribution in [0.25, 0.3) is 0 Å². The third-order valence-electron chi connectivity index (χ3n) is 6.15. The minimum Gasteiger partial charge on any atom is -0.353 e. The summed E-state index contributed by atoms with van der Waals surface area (Å²) in [4.78, 5) is 23.2. The van der Waals surface area contributed by atoms with Crippen LogP contribution in [0.1, 0.15) is 51.3 Å². The average Bonchev–Trinajstić information content (AvgIpc) is 3.00. The number of amides is 1. The van der Waals surface area contributed by atoms with Crippen molar-refractivity contribution in [3.63, 3.8) is 0 Å². The van der Waals surface area contributed by atoms with Crippen LogP contribution in [0.15, 0.2) is 6.33 Å². The van der Waals surface area contributed by atoms with Crippen molar-refractivity contribution in [2.45, 2.75) is 65.0 Å². The number of piperidine rings is 1. The fraction of sp³-hybridized carbons (Fsp3) is 0.722. The van der Waals surface area contributed by atoms with Crippen molar-refractivity contribution >= 4 is 11.7 Å².